The molecular weight excluding hydrogens is 430 g/mol. The number of imidazole rings is 1. The molecule has 1 saturated carbocycles. The second-order valence-electron chi connectivity index (χ2n) is 10.4. The Labute approximate surface area is 209 Å². The number of benzene rings is 2. The molecule has 1 N–H and O–H groups in total. The summed E-state index contributed by atoms with van der Waals surface area (Å²) in [6.07, 6.45) is 9.46. The zero-order chi connectivity index (χ0) is 24.0. The summed E-state index contributed by atoms with van der Waals surface area (Å²) in [5.74, 6) is 0.906. The maximum absolute atomic E-state index is 9.20. The zero-order valence-electron chi connectivity index (χ0n) is 20.9. The number of nitrogens with zero attached hydrogens (tertiary/aromatic N) is 4. The van der Waals surface area contributed by atoms with E-state index in [1.54, 1.807) is 0 Å². The molecule has 0 saturated heterocycles. The van der Waals surface area contributed by atoms with Gasteiger partial charge in [0.05, 0.1) is 18.1 Å². The molecule has 1 aliphatic heterocycles. The van der Waals surface area contributed by atoms with Crippen LogP contribution in [-0.4, -0.2) is 27.5 Å². The number of nitrogens with one attached hydrogen (secondary N) is 1. The first kappa shape index (κ1) is 23.8. The maximum Gasteiger partial charge on any atom is 0.0948 e. The highest BCUT2D eigenvalue weighted by atomic mass is 15.2. The molecule has 35 heavy (non-hydrogen) atoms. The predicted molar refractivity (Wildman–Crippen MR) is 139 cm³/mol. The van der Waals surface area contributed by atoms with Crippen molar-refractivity contribution in [2.45, 2.75) is 64.7 Å². The lowest BCUT2D eigenvalue weighted by Gasteiger charge is -2.27. The molecule has 2 aromatic carbocycles. The third-order valence-corrected chi connectivity index (χ3v) is 8.04. The average Bonchev–Trinajstić information content (AvgIpc) is 3.25. The lowest BCUT2D eigenvalue weighted by molar-refractivity contribution is 0.243. The monoisotopic (exact) mass is 467 g/mol. The maximum atomic E-state index is 9.20. The van der Waals surface area contributed by atoms with E-state index in [1.807, 2.05) is 12.5 Å². The highest BCUT2D eigenvalue weighted by Crippen LogP contribution is 2.30. The van der Waals surface area contributed by atoms with E-state index in [-0.39, 0.29) is 12.0 Å². The van der Waals surface area contributed by atoms with Crippen LogP contribution in [0, 0.1) is 30.1 Å². The minimum Gasteiger partial charge on any atom is -0.333 e. The molecule has 2 aliphatic rings. The smallest absolute Gasteiger partial charge is 0.0948 e. The molecule has 5 nitrogen and oxygen atoms in total. The largest absolute Gasteiger partial charge is 0.333 e. The number of hydrogen-bond acceptors (Lipinski definition) is 4. The van der Waals surface area contributed by atoms with Gasteiger partial charge in [-0.15, -0.1) is 0 Å². The number of rotatable bonds is 7. The van der Waals surface area contributed by atoms with E-state index in [1.165, 1.54) is 27.9 Å². The number of fused-ring (bicyclic) bond motifs is 1. The van der Waals surface area contributed by atoms with Crippen LogP contribution in [0.1, 0.15) is 59.7 Å². The fourth-order valence-corrected chi connectivity index (χ4v) is 5.81. The van der Waals surface area contributed by atoms with Crippen molar-refractivity contribution >= 4 is 0 Å². The molecule has 2 heterocycles. The molecule has 3 aromatic rings. The first-order chi connectivity index (χ1) is 17.2. The molecule has 5 heteroatoms. The van der Waals surface area contributed by atoms with Crippen molar-refractivity contribution in [2.75, 3.05) is 13.1 Å². The molecule has 5 rings (SSSR count). The minimum atomic E-state index is 0.257. The Balaban J connectivity index is 1.27. The summed E-state index contributed by atoms with van der Waals surface area (Å²) < 4.78 is 2.33. The fourth-order valence-electron chi connectivity index (χ4n) is 5.81. The van der Waals surface area contributed by atoms with Gasteiger partial charge in [-0.1, -0.05) is 48.5 Å². The van der Waals surface area contributed by atoms with E-state index in [0.29, 0.717) is 5.92 Å². The van der Waals surface area contributed by atoms with Gasteiger partial charge < -0.3 is 9.88 Å². The van der Waals surface area contributed by atoms with Crippen LogP contribution in [0.5, 0.6) is 0 Å². The van der Waals surface area contributed by atoms with Crippen molar-refractivity contribution in [2.24, 2.45) is 11.8 Å². The van der Waals surface area contributed by atoms with Crippen molar-refractivity contribution in [3.8, 4) is 6.07 Å². The van der Waals surface area contributed by atoms with Gasteiger partial charge in [-0.3, -0.25) is 4.90 Å². The summed E-state index contributed by atoms with van der Waals surface area (Å²) in [6, 6.07) is 20.4. The number of aromatic nitrogens is 2. The molecule has 1 unspecified atom stereocenters. The van der Waals surface area contributed by atoms with Gasteiger partial charge in [-0.05, 0) is 67.2 Å². The standard InChI is InChI=1S/C30H37N5/c1-23-6-2-3-8-27(23)20-34-15-14-26-7-4-5-9-29(26)30(21-34)33-18-28-17-32-22-35(28)19-25-12-10-24(16-31)11-13-25/h2-9,17,22,24-25,30,33H,10-15,18-21H2,1H3. The van der Waals surface area contributed by atoms with Gasteiger partial charge in [0.2, 0.25) is 0 Å². The quantitative estimate of drug-likeness (QED) is 0.505. The number of hydrogen-bond donors (Lipinski definition) is 1. The third kappa shape index (κ3) is 5.83. The fraction of sp³-hybridized carbons (Fsp3) is 0.467. The van der Waals surface area contributed by atoms with Crippen LogP contribution < -0.4 is 5.32 Å². The lowest BCUT2D eigenvalue weighted by Crippen LogP contribution is -2.34. The second kappa shape index (κ2) is 11.2. The second-order valence-corrected chi connectivity index (χ2v) is 10.4. The highest BCUT2D eigenvalue weighted by molar-refractivity contribution is 5.32. The van der Waals surface area contributed by atoms with E-state index >= 15 is 0 Å². The molecule has 1 fully saturated rings. The van der Waals surface area contributed by atoms with Crippen molar-refractivity contribution in [1.29, 1.82) is 5.26 Å². The molecule has 1 atom stereocenters. The van der Waals surface area contributed by atoms with E-state index in [4.69, 9.17) is 0 Å². The number of nitriles is 1. The van der Waals surface area contributed by atoms with Crippen LogP contribution in [-0.2, 0) is 26.1 Å². The van der Waals surface area contributed by atoms with E-state index < -0.39 is 0 Å². The van der Waals surface area contributed by atoms with Crippen LogP contribution in [0.15, 0.2) is 61.1 Å². The van der Waals surface area contributed by atoms with Crippen molar-refractivity contribution in [3.63, 3.8) is 0 Å². The Bertz CT molecular complexity index is 1150. The van der Waals surface area contributed by atoms with Gasteiger partial charge in [0, 0.05) is 50.9 Å². The molecule has 0 amide bonds. The molecule has 0 radical (unpaired) electrons. The van der Waals surface area contributed by atoms with Gasteiger partial charge in [-0.25, -0.2) is 4.98 Å². The first-order valence-electron chi connectivity index (χ1n) is 13.2. The molecule has 182 valence electrons. The number of aryl methyl sites for hydroxylation is 1. The van der Waals surface area contributed by atoms with Crippen LogP contribution in [0.3, 0.4) is 0 Å². The van der Waals surface area contributed by atoms with E-state index in [9.17, 15) is 5.26 Å². The summed E-state index contributed by atoms with van der Waals surface area (Å²) in [7, 11) is 0. The van der Waals surface area contributed by atoms with Crippen LogP contribution in [0.2, 0.25) is 0 Å². The summed E-state index contributed by atoms with van der Waals surface area (Å²) in [5, 5.41) is 13.1. The Kier molecular flexibility index (Phi) is 7.61. The van der Waals surface area contributed by atoms with Gasteiger partial charge in [0.1, 0.15) is 0 Å². The molecule has 0 spiro atoms. The molecule has 0 bridgehead atoms. The molecular formula is C30H37N5. The van der Waals surface area contributed by atoms with E-state index in [0.717, 1.165) is 64.8 Å². The summed E-state index contributed by atoms with van der Waals surface area (Å²) in [6.45, 7) is 7.10. The Hall–Kier alpha value is -2.94. The highest BCUT2D eigenvalue weighted by Gasteiger charge is 2.24. The van der Waals surface area contributed by atoms with Gasteiger partial charge in [0.15, 0.2) is 0 Å². The van der Waals surface area contributed by atoms with Crippen LogP contribution in [0.25, 0.3) is 0 Å². The zero-order valence-corrected chi connectivity index (χ0v) is 20.9. The van der Waals surface area contributed by atoms with Gasteiger partial charge in [-0.2, -0.15) is 5.26 Å². The van der Waals surface area contributed by atoms with Crippen LogP contribution >= 0.6 is 0 Å². The summed E-state index contributed by atoms with van der Waals surface area (Å²) >= 11 is 0. The SMILES string of the molecule is Cc1ccccc1CN1CCc2ccccc2C(NCc2cncn2CC2CCC(C#N)CC2)C1. The average molecular weight is 468 g/mol. The predicted octanol–water partition coefficient (Wildman–Crippen LogP) is 5.41. The Morgan fingerprint density at radius 1 is 1.06 bits per heavy atom. The summed E-state index contributed by atoms with van der Waals surface area (Å²) in [5.41, 5.74) is 6.92. The Morgan fingerprint density at radius 2 is 1.86 bits per heavy atom. The first-order valence-corrected chi connectivity index (χ1v) is 13.2. The minimum absolute atomic E-state index is 0.257. The van der Waals surface area contributed by atoms with Gasteiger partial charge in [0.25, 0.3) is 0 Å². The Morgan fingerprint density at radius 3 is 2.69 bits per heavy atom. The lowest BCUT2D eigenvalue weighted by atomic mass is 9.83. The topological polar surface area (TPSA) is 56.9 Å². The molecule has 1 aliphatic carbocycles. The van der Waals surface area contributed by atoms with Crippen molar-refractivity contribution in [3.05, 3.63) is 89.0 Å². The van der Waals surface area contributed by atoms with Crippen LogP contribution in [0.4, 0.5) is 0 Å². The summed E-state index contributed by atoms with van der Waals surface area (Å²) in [4.78, 5) is 7.09. The third-order valence-electron chi connectivity index (χ3n) is 8.04. The van der Waals surface area contributed by atoms with Crippen molar-refractivity contribution in [1.82, 2.24) is 19.8 Å². The van der Waals surface area contributed by atoms with Gasteiger partial charge >= 0.3 is 0 Å². The van der Waals surface area contributed by atoms with E-state index in [2.05, 4.69) is 81.3 Å². The molecule has 1 aromatic heterocycles. The normalized spacial score (nSPS) is 22.8. The van der Waals surface area contributed by atoms with Crippen molar-refractivity contribution < 1.29 is 0 Å².